The van der Waals surface area contributed by atoms with E-state index in [1.165, 1.54) is 31.1 Å². The number of alkyl halides is 3. The summed E-state index contributed by atoms with van der Waals surface area (Å²) in [5.41, 5.74) is 0.844. The third-order valence-corrected chi connectivity index (χ3v) is 8.44. The summed E-state index contributed by atoms with van der Waals surface area (Å²) in [7, 11) is -2.95. The lowest BCUT2D eigenvalue weighted by Gasteiger charge is -2.36. The Morgan fingerprint density at radius 1 is 1.17 bits per heavy atom. The zero-order valence-electron chi connectivity index (χ0n) is 23.3. The zero-order chi connectivity index (χ0) is 30.7. The first-order valence-electron chi connectivity index (χ1n) is 13.4. The number of hydrogen-bond acceptors (Lipinski definition) is 8. The standard InChI is InChI=1S/C27H32F3N5O6S/c1-4-40-24(36)18-9-5-7-11-21(18)34(3)26(37)35-22-12-8-6-10-19(22)33-25(35)42(38,39)32-15-20-17(2)23(13-14-31-20)41-16-27(28,29)30/h6,8,10,12-14,18,21,32H,4-5,7,9,11,15-16H2,1-3H3. The van der Waals surface area contributed by atoms with Gasteiger partial charge in [-0.05, 0) is 44.9 Å². The molecule has 1 fully saturated rings. The van der Waals surface area contributed by atoms with Gasteiger partial charge in [-0.25, -0.2) is 27.5 Å². The molecule has 15 heteroatoms. The summed E-state index contributed by atoms with van der Waals surface area (Å²) in [5, 5.41) is -0.578. The van der Waals surface area contributed by atoms with Gasteiger partial charge >= 0.3 is 18.2 Å². The van der Waals surface area contributed by atoms with Crippen LogP contribution >= 0.6 is 0 Å². The number of esters is 1. The lowest BCUT2D eigenvalue weighted by molar-refractivity contribution is -0.153. The van der Waals surface area contributed by atoms with Gasteiger partial charge in [0, 0.05) is 24.8 Å². The Hall–Kier alpha value is -3.72. The van der Waals surface area contributed by atoms with Crippen LogP contribution in [-0.4, -0.2) is 72.3 Å². The molecule has 1 aromatic carbocycles. The molecule has 228 valence electrons. The fraction of sp³-hybridized carbons (Fsp3) is 0.481. The van der Waals surface area contributed by atoms with Crippen molar-refractivity contribution >= 4 is 33.1 Å². The number of rotatable bonds is 9. The molecule has 11 nitrogen and oxygen atoms in total. The summed E-state index contributed by atoms with van der Waals surface area (Å²) in [6.07, 6.45) is -0.680. The van der Waals surface area contributed by atoms with Gasteiger partial charge in [0.15, 0.2) is 6.61 Å². The number of para-hydroxylation sites is 2. The minimum Gasteiger partial charge on any atom is -0.484 e. The molecule has 0 radical (unpaired) electrons. The number of benzene rings is 1. The zero-order valence-corrected chi connectivity index (χ0v) is 24.2. The van der Waals surface area contributed by atoms with Crippen molar-refractivity contribution in [1.82, 2.24) is 24.2 Å². The molecule has 1 amide bonds. The maximum Gasteiger partial charge on any atom is 0.422 e. The number of fused-ring (bicyclic) bond motifs is 1. The molecular formula is C27H32F3N5O6S. The van der Waals surface area contributed by atoms with Crippen LogP contribution in [0.5, 0.6) is 5.75 Å². The van der Waals surface area contributed by atoms with Crippen LogP contribution in [0, 0.1) is 12.8 Å². The number of nitrogens with one attached hydrogen (secondary N) is 1. The third kappa shape index (κ3) is 6.84. The summed E-state index contributed by atoms with van der Waals surface area (Å²) in [6, 6.07) is 6.46. The van der Waals surface area contributed by atoms with Crippen molar-refractivity contribution in [2.45, 2.75) is 63.5 Å². The van der Waals surface area contributed by atoms with Gasteiger partial charge in [0.25, 0.3) is 15.2 Å². The number of carbonyl (C=O) groups is 2. The lowest BCUT2D eigenvalue weighted by atomic mass is 9.84. The van der Waals surface area contributed by atoms with Crippen molar-refractivity contribution in [1.29, 1.82) is 0 Å². The first-order chi connectivity index (χ1) is 19.8. The molecule has 2 aromatic heterocycles. The minimum atomic E-state index is -4.55. The van der Waals surface area contributed by atoms with E-state index in [1.54, 1.807) is 31.2 Å². The van der Waals surface area contributed by atoms with Gasteiger partial charge in [-0.15, -0.1) is 0 Å². The average Bonchev–Trinajstić information content (AvgIpc) is 3.35. The highest BCUT2D eigenvalue weighted by Gasteiger charge is 2.38. The van der Waals surface area contributed by atoms with Gasteiger partial charge in [0.1, 0.15) is 5.75 Å². The second kappa shape index (κ2) is 12.7. The molecule has 1 aliphatic rings. The van der Waals surface area contributed by atoms with Crippen molar-refractivity contribution in [3.63, 3.8) is 0 Å². The van der Waals surface area contributed by atoms with Crippen LogP contribution in [0.1, 0.15) is 43.9 Å². The van der Waals surface area contributed by atoms with E-state index < -0.39 is 58.5 Å². The van der Waals surface area contributed by atoms with Gasteiger partial charge in [-0.3, -0.25) is 9.78 Å². The molecule has 1 saturated carbocycles. The van der Waals surface area contributed by atoms with Crippen molar-refractivity contribution in [2.75, 3.05) is 20.3 Å². The summed E-state index contributed by atoms with van der Waals surface area (Å²) < 4.78 is 78.4. The molecule has 1 aliphatic carbocycles. The lowest BCUT2D eigenvalue weighted by Crippen LogP contribution is -2.48. The molecule has 0 aliphatic heterocycles. The summed E-state index contributed by atoms with van der Waals surface area (Å²) >= 11 is 0. The number of nitrogens with zero attached hydrogens (tertiary/aromatic N) is 4. The fourth-order valence-electron chi connectivity index (χ4n) is 5.05. The van der Waals surface area contributed by atoms with E-state index in [-0.39, 0.29) is 34.6 Å². The van der Waals surface area contributed by atoms with Crippen molar-refractivity contribution in [2.24, 2.45) is 5.92 Å². The predicted molar refractivity (Wildman–Crippen MR) is 145 cm³/mol. The molecule has 0 bridgehead atoms. The minimum absolute atomic E-state index is 0.0933. The van der Waals surface area contributed by atoms with Crippen LogP contribution in [0.4, 0.5) is 18.0 Å². The van der Waals surface area contributed by atoms with Gasteiger partial charge in [0.05, 0.1) is 35.8 Å². The second-order valence-electron chi connectivity index (χ2n) is 9.93. The van der Waals surface area contributed by atoms with Gasteiger partial charge < -0.3 is 14.4 Å². The van der Waals surface area contributed by atoms with Gasteiger partial charge in [-0.1, -0.05) is 25.0 Å². The molecule has 1 N–H and O–H groups in total. The monoisotopic (exact) mass is 611 g/mol. The molecule has 3 aromatic rings. The van der Waals surface area contributed by atoms with Crippen LogP contribution in [0.3, 0.4) is 0 Å². The maximum absolute atomic E-state index is 13.9. The Kier molecular flexibility index (Phi) is 9.40. The highest BCUT2D eigenvalue weighted by Crippen LogP contribution is 2.31. The molecule has 2 atom stereocenters. The van der Waals surface area contributed by atoms with Gasteiger partial charge in [-0.2, -0.15) is 13.2 Å². The summed E-state index contributed by atoms with van der Waals surface area (Å²) in [5.74, 6) is -1.05. The summed E-state index contributed by atoms with van der Waals surface area (Å²) in [6.45, 7) is 1.44. The Morgan fingerprint density at radius 3 is 2.60 bits per heavy atom. The molecule has 0 spiro atoms. The van der Waals surface area contributed by atoms with Crippen molar-refractivity contribution < 1.29 is 40.7 Å². The number of amides is 1. The van der Waals surface area contributed by atoms with E-state index in [0.717, 1.165) is 17.4 Å². The molecule has 42 heavy (non-hydrogen) atoms. The van der Waals surface area contributed by atoms with E-state index >= 15 is 0 Å². The quantitative estimate of drug-likeness (QED) is 0.357. The molecular weight excluding hydrogens is 579 g/mol. The smallest absolute Gasteiger partial charge is 0.422 e. The highest BCUT2D eigenvalue weighted by molar-refractivity contribution is 7.89. The van der Waals surface area contributed by atoms with Crippen molar-refractivity contribution in [3.8, 4) is 5.75 Å². The topological polar surface area (TPSA) is 133 Å². The number of halogens is 3. The Bertz CT molecular complexity index is 1560. The number of imidazole rings is 1. The Morgan fingerprint density at radius 2 is 1.88 bits per heavy atom. The number of sulfonamides is 1. The number of hydrogen-bond donors (Lipinski definition) is 1. The van der Waals surface area contributed by atoms with E-state index in [1.807, 2.05) is 0 Å². The Balaban J connectivity index is 1.64. The number of pyridine rings is 1. The first kappa shape index (κ1) is 31.2. The Labute approximate surface area is 241 Å². The maximum atomic E-state index is 13.9. The van der Waals surface area contributed by atoms with E-state index in [4.69, 9.17) is 9.47 Å². The second-order valence-corrected chi connectivity index (χ2v) is 11.6. The van der Waals surface area contributed by atoms with E-state index in [2.05, 4.69) is 14.7 Å². The largest absolute Gasteiger partial charge is 0.484 e. The predicted octanol–water partition coefficient (Wildman–Crippen LogP) is 4.18. The molecule has 2 heterocycles. The number of carbonyl (C=O) groups excluding carboxylic acids is 2. The first-order valence-corrected chi connectivity index (χ1v) is 14.9. The molecule has 4 rings (SSSR count). The van der Waals surface area contributed by atoms with Crippen LogP contribution in [0.2, 0.25) is 0 Å². The number of ether oxygens (including phenoxy) is 2. The van der Waals surface area contributed by atoms with Crippen LogP contribution in [0.15, 0.2) is 41.7 Å². The highest BCUT2D eigenvalue weighted by atomic mass is 32.2. The van der Waals surface area contributed by atoms with E-state index in [9.17, 15) is 31.2 Å². The molecule has 2 unspecified atom stereocenters. The van der Waals surface area contributed by atoms with Crippen LogP contribution < -0.4 is 9.46 Å². The van der Waals surface area contributed by atoms with Gasteiger partial charge in [0.2, 0.25) is 0 Å². The normalized spacial score (nSPS) is 17.7. The number of aromatic nitrogens is 3. The SMILES string of the molecule is CCOC(=O)C1CCCCC1N(C)C(=O)n1c(S(=O)(=O)NCc2nccc(OCC(F)(F)F)c2C)nc2ccccc21. The average molecular weight is 612 g/mol. The van der Waals surface area contributed by atoms with Crippen LogP contribution in [-0.2, 0) is 26.1 Å². The molecule has 0 saturated heterocycles. The van der Waals surface area contributed by atoms with Crippen molar-refractivity contribution in [3.05, 3.63) is 47.8 Å². The third-order valence-electron chi connectivity index (χ3n) is 7.16. The van der Waals surface area contributed by atoms with E-state index in [0.29, 0.717) is 12.8 Å². The van der Waals surface area contributed by atoms with Crippen LogP contribution in [0.25, 0.3) is 11.0 Å². The summed E-state index contributed by atoms with van der Waals surface area (Å²) in [4.78, 5) is 36.3. The fourth-order valence-corrected chi connectivity index (χ4v) is 6.14.